The Morgan fingerprint density at radius 1 is 1.58 bits per heavy atom. The summed E-state index contributed by atoms with van der Waals surface area (Å²) in [4.78, 5) is 6.81. The zero-order chi connectivity index (χ0) is 13.8. The van der Waals surface area contributed by atoms with Crippen molar-refractivity contribution in [2.75, 3.05) is 31.7 Å². The topological polar surface area (TPSA) is 75.2 Å². The van der Waals surface area contributed by atoms with E-state index >= 15 is 0 Å². The van der Waals surface area contributed by atoms with Gasteiger partial charge in [-0.2, -0.15) is 0 Å². The number of nitrogens with zero attached hydrogens (tertiary/aromatic N) is 2. The molecule has 0 bridgehead atoms. The van der Waals surface area contributed by atoms with E-state index in [1.807, 2.05) is 19.1 Å². The molecule has 1 atom stereocenters. The third-order valence-electron chi connectivity index (χ3n) is 3.53. The van der Waals surface area contributed by atoms with Crippen LogP contribution in [0.15, 0.2) is 12.1 Å². The zero-order valence-electron chi connectivity index (χ0n) is 11.6. The predicted molar refractivity (Wildman–Crippen MR) is 76.8 cm³/mol. The molecule has 1 aromatic rings. The number of piperidine rings is 1. The van der Waals surface area contributed by atoms with Crippen molar-refractivity contribution in [3.8, 4) is 0 Å². The molecule has 0 radical (unpaired) electrons. The fraction of sp³-hybridized carbons (Fsp3) is 0.571. The molecule has 1 fully saturated rings. The zero-order valence-corrected chi connectivity index (χ0v) is 11.6. The third-order valence-corrected chi connectivity index (χ3v) is 3.53. The maximum absolute atomic E-state index is 7.68. The van der Waals surface area contributed by atoms with Gasteiger partial charge < -0.3 is 15.4 Å². The number of ether oxygens (including phenoxy) is 1. The Kier molecular flexibility index (Phi) is 4.37. The standard InChI is InChI=1S/C14H22N4O/c1-10-5-6-12(13(15)16)14(17-10)18-7-3-4-11(8-18)9-19-2/h5-6,11H,3-4,7-9H2,1-2H3,(H3,15,16). The van der Waals surface area contributed by atoms with Gasteiger partial charge in [-0.15, -0.1) is 0 Å². The quantitative estimate of drug-likeness (QED) is 0.637. The molecule has 19 heavy (non-hydrogen) atoms. The van der Waals surface area contributed by atoms with Gasteiger partial charge in [0.15, 0.2) is 0 Å². The van der Waals surface area contributed by atoms with E-state index in [0.717, 1.165) is 43.2 Å². The van der Waals surface area contributed by atoms with Gasteiger partial charge in [0.25, 0.3) is 0 Å². The molecule has 0 amide bonds. The lowest BCUT2D eigenvalue weighted by molar-refractivity contribution is 0.143. The van der Waals surface area contributed by atoms with E-state index in [1.54, 1.807) is 7.11 Å². The summed E-state index contributed by atoms with van der Waals surface area (Å²) >= 11 is 0. The number of amidine groups is 1. The third kappa shape index (κ3) is 3.23. The van der Waals surface area contributed by atoms with E-state index in [1.165, 1.54) is 6.42 Å². The average Bonchev–Trinajstić information content (AvgIpc) is 2.39. The van der Waals surface area contributed by atoms with Crippen LogP contribution in [-0.4, -0.2) is 37.6 Å². The van der Waals surface area contributed by atoms with Crippen molar-refractivity contribution >= 4 is 11.7 Å². The SMILES string of the molecule is COCC1CCCN(c2nc(C)ccc2C(=N)N)C1. The molecule has 0 aromatic carbocycles. The summed E-state index contributed by atoms with van der Waals surface area (Å²) in [5.41, 5.74) is 7.33. The van der Waals surface area contributed by atoms with Crippen molar-refractivity contribution < 1.29 is 4.74 Å². The van der Waals surface area contributed by atoms with Crippen LogP contribution in [0.4, 0.5) is 5.82 Å². The van der Waals surface area contributed by atoms with Gasteiger partial charge in [-0.3, -0.25) is 5.41 Å². The van der Waals surface area contributed by atoms with Crippen LogP contribution in [0.5, 0.6) is 0 Å². The van der Waals surface area contributed by atoms with Crippen LogP contribution >= 0.6 is 0 Å². The normalized spacial score (nSPS) is 19.5. The van der Waals surface area contributed by atoms with Gasteiger partial charge in [-0.1, -0.05) is 0 Å². The van der Waals surface area contributed by atoms with Gasteiger partial charge in [0.2, 0.25) is 0 Å². The van der Waals surface area contributed by atoms with Crippen molar-refractivity contribution in [2.45, 2.75) is 19.8 Å². The molecule has 2 heterocycles. The van der Waals surface area contributed by atoms with Crippen LogP contribution in [0.25, 0.3) is 0 Å². The van der Waals surface area contributed by atoms with E-state index in [2.05, 4.69) is 9.88 Å². The Labute approximate surface area is 114 Å². The number of aromatic nitrogens is 1. The van der Waals surface area contributed by atoms with Crippen molar-refractivity contribution in [2.24, 2.45) is 11.7 Å². The van der Waals surface area contributed by atoms with Crippen LogP contribution in [0.2, 0.25) is 0 Å². The second-order valence-corrected chi connectivity index (χ2v) is 5.15. The minimum Gasteiger partial charge on any atom is -0.384 e. The van der Waals surface area contributed by atoms with Crippen molar-refractivity contribution in [3.05, 3.63) is 23.4 Å². The molecule has 5 heteroatoms. The Morgan fingerprint density at radius 3 is 3.05 bits per heavy atom. The number of anilines is 1. The van der Waals surface area contributed by atoms with E-state index in [-0.39, 0.29) is 5.84 Å². The smallest absolute Gasteiger partial charge is 0.139 e. The Hall–Kier alpha value is -1.62. The highest BCUT2D eigenvalue weighted by Crippen LogP contribution is 2.25. The lowest BCUT2D eigenvalue weighted by Crippen LogP contribution is -2.39. The second kappa shape index (κ2) is 6.02. The minimum atomic E-state index is 0.0800. The van der Waals surface area contributed by atoms with Crippen LogP contribution in [0.3, 0.4) is 0 Å². The Balaban J connectivity index is 2.24. The molecule has 5 nitrogen and oxygen atoms in total. The summed E-state index contributed by atoms with van der Waals surface area (Å²) < 4.78 is 5.25. The minimum absolute atomic E-state index is 0.0800. The lowest BCUT2D eigenvalue weighted by atomic mass is 9.98. The predicted octanol–water partition coefficient (Wildman–Crippen LogP) is 1.54. The van der Waals surface area contributed by atoms with E-state index in [4.69, 9.17) is 15.9 Å². The van der Waals surface area contributed by atoms with E-state index in [9.17, 15) is 0 Å². The molecule has 2 rings (SSSR count). The summed E-state index contributed by atoms with van der Waals surface area (Å²) in [6.45, 7) is 4.63. The maximum atomic E-state index is 7.68. The number of methoxy groups -OCH3 is 1. The van der Waals surface area contributed by atoms with Gasteiger partial charge in [-0.05, 0) is 37.8 Å². The molecular formula is C14H22N4O. The molecule has 0 spiro atoms. The van der Waals surface area contributed by atoms with Gasteiger partial charge in [0, 0.05) is 25.9 Å². The molecule has 104 valence electrons. The number of aryl methyl sites for hydroxylation is 1. The fourth-order valence-electron chi connectivity index (χ4n) is 2.62. The number of nitrogens with two attached hydrogens (primary N) is 1. The van der Waals surface area contributed by atoms with Crippen molar-refractivity contribution in [3.63, 3.8) is 0 Å². The molecule has 1 saturated heterocycles. The molecule has 1 aliphatic rings. The number of nitrogen functional groups attached to an aromatic ring is 1. The summed E-state index contributed by atoms with van der Waals surface area (Å²) in [6.07, 6.45) is 2.31. The van der Waals surface area contributed by atoms with Gasteiger partial charge >= 0.3 is 0 Å². The molecular weight excluding hydrogens is 240 g/mol. The first kappa shape index (κ1) is 13.8. The van der Waals surface area contributed by atoms with Gasteiger partial charge in [0.05, 0.1) is 12.2 Å². The second-order valence-electron chi connectivity index (χ2n) is 5.15. The summed E-state index contributed by atoms with van der Waals surface area (Å²) in [5.74, 6) is 1.45. The number of nitrogens with one attached hydrogen (secondary N) is 1. The fourth-order valence-corrected chi connectivity index (χ4v) is 2.62. The van der Waals surface area contributed by atoms with E-state index in [0.29, 0.717) is 5.92 Å². The Morgan fingerprint density at radius 2 is 2.37 bits per heavy atom. The lowest BCUT2D eigenvalue weighted by Gasteiger charge is -2.34. The number of rotatable bonds is 4. The molecule has 1 aliphatic heterocycles. The first-order chi connectivity index (χ1) is 9.11. The van der Waals surface area contributed by atoms with Crippen LogP contribution in [-0.2, 0) is 4.74 Å². The molecule has 0 saturated carbocycles. The first-order valence-corrected chi connectivity index (χ1v) is 6.67. The van der Waals surface area contributed by atoms with Crippen molar-refractivity contribution in [1.29, 1.82) is 5.41 Å². The van der Waals surface area contributed by atoms with E-state index < -0.39 is 0 Å². The Bertz CT molecular complexity index is 459. The summed E-state index contributed by atoms with van der Waals surface area (Å²) in [6, 6.07) is 3.79. The largest absolute Gasteiger partial charge is 0.384 e. The average molecular weight is 262 g/mol. The van der Waals surface area contributed by atoms with Crippen LogP contribution in [0, 0.1) is 18.3 Å². The summed E-state index contributed by atoms with van der Waals surface area (Å²) in [7, 11) is 1.74. The number of hydrogen-bond donors (Lipinski definition) is 2. The monoisotopic (exact) mass is 262 g/mol. The van der Waals surface area contributed by atoms with Crippen LogP contribution < -0.4 is 10.6 Å². The molecule has 1 aromatic heterocycles. The highest BCUT2D eigenvalue weighted by molar-refractivity contribution is 5.99. The summed E-state index contributed by atoms with van der Waals surface area (Å²) in [5, 5.41) is 7.68. The molecule has 1 unspecified atom stereocenters. The van der Waals surface area contributed by atoms with Crippen LogP contribution in [0.1, 0.15) is 24.1 Å². The molecule has 0 aliphatic carbocycles. The maximum Gasteiger partial charge on any atom is 0.139 e. The first-order valence-electron chi connectivity index (χ1n) is 6.67. The number of pyridine rings is 1. The number of hydrogen-bond acceptors (Lipinski definition) is 4. The highest BCUT2D eigenvalue weighted by Gasteiger charge is 2.23. The molecule has 3 N–H and O–H groups in total. The van der Waals surface area contributed by atoms with Gasteiger partial charge in [-0.25, -0.2) is 4.98 Å². The van der Waals surface area contributed by atoms with Crippen molar-refractivity contribution in [1.82, 2.24) is 4.98 Å². The van der Waals surface area contributed by atoms with Gasteiger partial charge in [0.1, 0.15) is 11.7 Å². The highest BCUT2D eigenvalue weighted by atomic mass is 16.5.